The Bertz CT molecular complexity index is 1070. The number of carboxylic acid groups (broad SMARTS) is 1. The predicted octanol–water partition coefficient (Wildman–Crippen LogP) is 5.02. The number of nitrogens with zero attached hydrogens (tertiary/aromatic N) is 2. The van der Waals surface area contributed by atoms with Crippen molar-refractivity contribution < 1.29 is 24.2 Å². The van der Waals surface area contributed by atoms with Gasteiger partial charge >= 0.3 is 5.97 Å². The first-order valence-electron chi connectivity index (χ1n) is 9.51. The second kappa shape index (κ2) is 10.2. The first-order chi connectivity index (χ1) is 14.9. The first kappa shape index (κ1) is 23.1. The summed E-state index contributed by atoms with van der Waals surface area (Å²) in [7, 11) is 1.60. The van der Waals surface area contributed by atoms with Gasteiger partial charge in [-0.15, -0.1) is 0 Å². The molecule has 0 aliphatic carbocycles. The number of hydrogen-bond donors (Lipinski definition) is 1. The van der Waals surface area contributed by atoms with E-state index in [2.05, 4.69) is 27.6 Å². The molecule has 162 valence electrons. The molecule has 1 aliphatic heterocycles. The molecule has 0 bridgehead atoms. The lowest BCUT2D eigenvalue weighted by Crippen LogP contribution is -2.28. The summed E-state index contributed by atoms with van der Waals surface area (Å²) in [5, 5.41) is 9.59. The minimum absolute atomic E-state index is 0.128. The van der Waals surface area contributed by atoms with E-state index in [4.69, 9.17) is 14.6 Å². The highest BCUT2D eigenvalue weighted by Gasteiger charge is 2.32. The minimum atomic E-state index is -0.995. The van der Waals surface area contributed by atoms with Crippen LogP contribution in [0.3, 0.4) is 0 Å². The summed E-state index contributed by atoms with van der Waals surface area (Å²) >= 11 is 3.46. The van der Waals surface area contributed by atoms with Crippen molar-refractivity contribution in [1.29, 1.82) is 0 Å². The van der Waals surface area contributed by atoms with Crippen LogP contribution in [-0.2, 0) is 4.79 Å². The molecule has 1 heterocycles. The molecule has 9 heteroatoms. The molecule has 0 radical (unpaired) electrons. The highest BCUT2D eigenvalue weighted by molar-refractivity contribution is 14.1. The molecule has 0 unspecified atom stereocenters. The SMILES string of the molecule is CCOc1cc(C=C2SC(=Nc3ccc(C(=O)O)cc3)N(CC)C2=O)cc(I)c1OC. The second-order valence-corrected chi connectivity index (χ2v) is 8.54. The number of methoxy groups -OCH3 is 1. The van der Waals surface area contributed by atoms with Crippen molar-refractivity contribution in [2.75, 3.05) is 20.3 Å². The Morgan fingerprint density at radius 3 is 2.55 bits per heavy atom. The number of benzene rings is 2. The lowest BCUT2D eigenvalue weighted by atomic mass is 10.2. The van der Waals surface area contributed by atoms with Crippen LogP contribution in [0, 0.1) is 3.57 Å². The summed E-state index contributed by atoms with van der Waals surface area (Å²) < 4.78 is 12.0. The third-order valence-corrected chi connectivity index (χ3v) is 6.18. The Morgan fingerprint density at radius 2 is 1.97 bits per heavy atom. The number of aliphatic imine (C=N–C) groups is 1. The van der Waals surface area contributed by atoms with Crippen molar-refractivity contribution in [1.82, 2.24) is 4.90 Å². The fourth-order valence-corrected chi connectivity index (χ4v) is 4.85. The van der Waals surface area contributed by atoms with Crippen LogP contribution in [0.2, 0.25) is 0 Å². The average Bonchev–Trinajstić information content (AvgIpc) is 3.02. The Labute approximate surface area is 198 Å². The van der Waals surface area contributed by atoms with Crippen LogP contribution in [0.4, 0.5) is 5.69 Å². The number of amidine groups is 1. The largest absolute Gasteiger partial charge is 0.492 e. The van der Waals surface area contributed by atoms with E-state index in [-0.39, 0.29) is 11.5 Å². The van der Waals surface area contributed by atoms with Gasteiger partial charge in [0.2, 0.25) is 0 Å². The summed E-state index contributed by atoms with van der Waals surface area (Å²) in [5.41, 5.74) is 1.59. The molecule has 0 atom stereocenters. The van der Waals surface area contributed by atoms with Crippen molar-refractivity contribution >= 4 is 63.2 Å². The third kappa shape index (κ3) is 5.21. The van der Waals surface area contributed by atoms with Gasteiger partial charge < -0.3 is 14.6 Å². The zero-order valence-corrected chi connectivity index (χ0v) is 20.2. The third-order valence-electron chi connectivity index (χ3n) is 4.38. The number of carbonyl (C=O) groups excluding carboxylic acids is 1. The first-order valence-corrected chi connectivity index (χ1v) is 11.4. The van der Waals surface area contributed by atoms with Crippen molar-refractivity contribution in [3.63, 3.8) is 0 Å². The summed E-state index contributed by atoms with van der Waals surface area (Å²) in [4.78, 5) is 30.6. The molecule has 2 aromatic carbocycles. The number of thioether (sulfide) groups is 1. The molecule has 1 amide bonds. The zero-order valence-electron chi connectivity index (χ0n) is 17.2. The number of aromatic carboxylic acids is 1. The van der Waals surface area contributed by atoms with Crippen LogP contribution in [-0.4, -0.2) is 47.3 Å². The highest BCUT2D eigenvalue weighted by atomic mass is 127. The molecule has 0 spiro atoms. The Hall–Kier alpha value is -2.53. The number of rotatable bonds is 7. The van der Waals surface area contributed by atoms with E-state index < -0.39 is 5.97 Å². The molecule has 1 fully saturated rings. The molecule has 31 heavy (non-hydrogen) atoms. The lowest BCUT2D eigenvalue weighted by Gasteiger charge is -2.12. The van der Waals surface area contributed by atoms with Gasteiger partial charge in [-0.1, -0.05) is 0 Å². The molecule has 0 aromatic heterocycles. The van der Waals surface area contributed by atoms with Crippen LogP contribution >= 0.6 is 34.4 Å². The van der Waals surface area contributed by atoms with Gasteiger partial charge in [0.1, 0.15) is 0 Å². The predicted molar refractivity (Wildman–Crippen MR) is 130 cm³/mol. The fraction of sp³-hybridized carbons (Fsp3) is 0.227. The van der Waals surface area contributed by atoms with Crippen LogP contribution < -0.4 is 9.47 Å². The molecule has 3 rings (SSSR count). The zero-order chi connectivity index (χ0) is 22.5. The molecule has 2 aromatic rings. The van der Waals surface area contributed by atoms with E-state index in [9.17, 15) is 9.59 Å². The average molecular weight is 552 g/mol. The molecular formula is C22H21IN2O5S. The van der Waals surface area contributed by atoms with Gasteiger partial charge in [0.15, 0.2) is 16.7 Å². The monoisotopic (exact) mass is 552 g/mol. The normalized spacial score (nSPS) is 16.3. The van der Waals surface area contributed by atoms with Crippen molar-refractivity contribution in [2.24, 2.45) is 4.99 Å². The van der Waals surface area contributed by atoms with Crippen LogP contribution in [0.1, 0.15) is 29.8 Å². The van der Waals surface area contributed by atoms with Crippen LogP contribution in [0.25, 0.3) is 6.08 Å². The summed E-state index contributed by atoms with van der Waals surface area (Å²) in [5.74, 6) is 0.166. The second-order valence-electron chi connectivity index (χ2n) is 6.37. The number of carboxylic acids is 1. The molecule has 7 nitrogen and oxygen atoms in total. The molecule has 1 aliphatic rings. The van der Waals surface area contributed by atoms with Crippen molar-refractivity contribution in [3.8, 4) is 11.5 Å². The summed E-state index contributed by atoms with van der Waals surface area (Å²) in [6.07, 6.45) is 1.82. The summed E-state index contributed by atoms with van der Waals surface area (Å²) in [6, 6.07) is 10.0. The molecule has 0 saturated carbocycles. The summed E-state index contributed by atoms with van der Waals surface area (Å²) in [6.45, 7) is 4.76. The van der Waals surface area contributed by atoms with Gasteiger partial charge in [-0.2, -0.15) is 0 Å². The van der Waals surface area contributed by atoms with Crippen molar-refractivity contribution in [2.45, 2.75) is 13.8 Å². The van der Waals surface area contributed by atoms with Gasteiger partial charge in [0.05, 0.1) is 33.4 Å². The fourth-order valence-electron chi connectivity index (χ4n) is 2.94. The van der Waals surface area contributed by atoms with Crippen LogP contribution in [0.15, 0.2) is 46.3 Å². The number of carbonyl (C=O) groups is 2. The number of amides is 1. The minimum Gasteiger partial charge on any atom is -0.492 e. The van der Waals surface area contributed by atoms with E-state index in [0.717, 1.165) is 9.13 Å². The molecular weight excluding hydrogens is 531 g/mol. The van der Waals surface area contributed by atoms with E-state index in [1.165, 1.54) is 23.9 Å². The lowest BCUT2D eigenvalue weighted by molar-refractivity contribution is -0.122. The Balaban J connectivity index is 1.94. The number of ether oxygens (including phenoxy) is 2. The van der Waals surface area contributed by atoms with E-state index >= 15 is 0 Å². The molecule has 1 N–H and O–H groups in total. The maximum absolute atomic E-state index is 12.9. The quantitative estimate of drug-likeness (QED) is 0.384. The highest BCUT2D eigenvalue weighted by Crippen LogP contribution is 2.37. The number of hydrogen-bond acceptors (Lipinski definition) is 6. The van der Waals surface area contributed by atoms with Crippen LogP contribution in [0.5, 0.6) is 11.5 Å². The van der Waals surface area contributed by atoms with Gasteiger partial charge in [-0.25, -0.2) is 9.79 Å². The maximum Gasteiger partial charge on any atom is 0.335 e. The van der Waals surface area contributed by atoms with Gasteiger partial charge in [0, 0.05) is 6.54 Å². The maximum atomic E-state index is 12.9. The number of likely N-dealkylation sites (N-methyl/N-ethyl adjacent to an activating group) is 1. The standard InChI is InChI=1S/C22H21IN2O5S/c1-4-25-20(26)18(12-13-10-16(23)19(29-3)17(11-13)30-5-2)31-22(25)24-15-8-6-14(7-9-15)21(27)28/h6-12H,4-5H2,1-3H3,(H,27,28). The van der Waals surface area contributed by atoms with E-state index in [0.29, 0.717) is 40.4 Å². The smallest absolute Gasteiger partial charge is 0.335 e. The van der Waals surface area contributed by atoms with E-state index in [1.54, 1.807) is 24.1 Å². The van der Waals surface area contributed by atoms with E-state index in [1.807, 2.05) is 32.1 Å². The Kier molecular flexibility index (Phi) is 7.60. The van der Waals surface area contributed by atoms with Gasteiger partial charge in [-0.3, -0.25) is 9.69 Å². The number of halogens is 1. The van der Waals surface area contributed by atoms with Crippen molar-refractivity contribution in [3.05, 3.63) is 56.0 Å². The van der Waals surface area contributed by atoms with Gasteiger partial charge in [0.25, 0.3) is 5.91 Å². The van der Waals surface area contributed by atoms with Gasteiger partial charge in [-0.05, 0) is 96.2 Å². The Morgan fingerprint density at radius 1 is 1.26 bits per heavy atom. The topological polar surface area (TPSA) is 88.4 Å². The molecule has 1 saturated heterocycles.